The van der Waals surface area contributed by atoms with Gasteiger partial charge in [0.25, 0.3) is 11.5 Å². The Hall–Kier alpha value is -3.06. The van der Waals surface area contributed by atoms with E-state index in [4.69, 9.17) is 0 Å². The number of amides is 1. The normalized spacial score (nSPS) is 16.3. The zero-order valence-electron chi connectivity index (χ0n) is 15.7. The lowest BCUT2D eigenvalue weighted by molar-refractivity contribution is -0.0299. The van der Waals surface area contributed by atoms with Crippen molar-refractivity contribution in [2.75, 3.05) is 13.1 Å². The Morgan fingerprint density at radius 2 is 1.89 bits per heavy atom. The molecule has 1 aliphatic rings. The maximum Gasteiger partial charge on any atom is 0.261 e. The van der Waals surface area contributed by atoms with E-state index in [-0.39, 0.29) is 18.0 Å². The van der Waals surface area contributed by atoms with Crippen LogP contribution in [0.3, 0.4) is 0 Å². The van der Waals surface area contributed by atoms with Gasteiger partial charge in [-0.2, -0.15) is 0 Å². The quantitative estimate of drug-likeness (QED) is 0.750. The minimum Gasteiger partial charge on any atom is -0.388 e. The lowest BCUT2D eigenvalue weighted by Gasteiger charge is -2.38. The van der Waals surface area contributed by atoms with E-state index in [0.29, 0.717) is 42.4 Å². The largest absolute Gasteiger partial charge is 0.388 e. The Morgan fingerprint density at radius 1 is 1.14 bits per heavy atom. The molecule has 0 unspecified atom stereocenters. The second-order valence-corrected chi connectivity index (χ2v) is 7.40. The van der Waals surface area contributed by atoms with Crippen LogP contribution < -0.4 is 5.56 Å². The Labute approximate surface area is 162 Å². The van der Waals surface area contributed by atoms with Gasteiger partial charge in [0.15, 0.2) is 0 Å². The van der Waals surface area contributed by atoms with Gasteiger partial charge in [-0.05, 0) is 44.0 Å². The van der Waals surface area contributed by atoms with Crippen LogP contribution in [0.1, 0.15) is 28.9 Å². The molecule has 3 aromatic rings. The van der Waals surface area contributed by atoms with Crippen LogP contribution in [0.15, 0.2) is 53.7 Å². The van der Waals surface area contributed by atoms with Crippen LogP contribution in [-0.4, -0.2) is 49.1 Å². The predicted molar refractivity (Wildman–Crippen MR) is 105 cm³/mol. The van der Waals surface area contributed by atoms with Crippen LogP contribution in [0.4, 0.5) is 0 Å². The van der Waals surface area contributed by atoms with Crippen molar-refractivity contribution < 1.29 is 9.90 Å². The van der Waals surface area contributed by atoms with E-state index in [1.807, 2.05) is 19.1 Å². The van der Waals surface area contributed by atoms with Gasteiger partial charge >= 0.3 is 0 Å². The SMILES string of the molecule is Cc1ccc(C(=O)N2CCC(O)(Cn3cnc4ccccc4c3=O)CC2)cn1. The van der Waals surface area contributed by atoms with Crippen LogP contribution in [0.5, 0.6) is 0 Å². The second-order valence-electron chi connectivity index (χ2n) is 7.40. The van der Waals surface area contributed by atoms with Gasteiger partial charge < -0.3 is 10.0 Å². The summed E-state index contributed by atoms with van der Waals surface area (Å²) in [5, 5.41) is 11.5. The Bertz CT molecular complexity index is 1070. The highest BCUT2D eigenvalue weighted by molar-refractivity contribution is 5.94. The van der Waals surface area contributed by atoms with Crippen molar-refractivity contribution in [2.45, 2.75) is 31.9 Å². The number of carbonyl (C=O) groups is 1. The summed E-state index contributed by atoms with van der Waals surface area (Å²) in [5.74, 6) is -0.0842. The first-order valence-electron chi connectivity index (χ1n) is 9.34. The third kappa shape index (κ3) is 3.53. The average molecular weight is 378 g/mol. The second kappa shape index (κ2) is 7.16. The van der Waals surface area contributed by atoms with Gasteiger partial charge in [-0.25, -0.2) is 4.98 Å². The third-order valence-electron chi connectivity index (χ3n) is 5.34. The molecular formula is C21H22N4O3. The molecule has 0 radical (unpaired) electrons. The number of aryl methyl sites for hydroxylation is 1. The number of aromatic nitrogens is 3. The summed E-state index contributed by atoms with van der Waals surface area (Å²) in [6.45, 7) is 2.90. The Balaban J connectivity index is 1.46. The van der Waals surface area contributed by atoms with Crippen molar-refractivity contribution in [1.82, 2.24) is 19.4 Å². The maximum absolute atomic E-state index is 12.7. The number of piperidine rings is 1. The first-order chi connectivity index (χ1) is 13.5. The van der Waals surface area contributed by atoms with E-state index in [1.165, 1.54) is 10.9 Å². The number of rotatable bonds is 3. The number of benzene rings is 1. The average Bonchev–Trinajstić information content (AvgIpc) is 2.71. The van der Waals surface area contributed by atoms with Crippen molar-refractivity contribution in [3.8, 4) is 0 Å². The first-order valence-corrected chi connectivity index (χ1v) is 9.34. The van der Waals surface area contributed by atoms with Gasteiger partial charge in [-0.3, -0.25) is 19.1 Å². The molecular weight excluding hydrogens is 356 g/mol. The van der Waals surface area contributed by atoms with E-state index in [1.54, 1.807) is 35.4 Å². The Kier molecular flexibility index (Phi) is 4.68. The number of hydrogen-bond acceptors (Lipinski definition) is 5. The van der Waals surface area contributed by atoms with Crippen LogP contribution >= 0.6 is 0 Å². The zero-order valence-corrected chi connectivity index (χ0v) is 15.7. The number of nitrogens with zero attached hydrogens (tertiary/aromatic N) is 4. The number of pyridine rings is 1. The smallest absolute Gasteiger partial charge is 0.261 e. The summed E-state index contributed by atoms with van der Waals surface area (Å²) in [4.78, 5) is 35.5. The molecule has 0 atom stereocenters. The zero-order chi connectivity index (χ0) is 19.7. The van der Waals surface area contributed by atoms with Gasteiger partial charge in [0.05, 0.1) is 34.9 Å². The predicted octanol–water partition coefficient (Wildman–Crippen LogP) is 1.77. The molecule has 3 heterocycles. The number of aliphatic hydroxyl groups is 1. The van der Waals surface area contributed by atoms with Crippen molar-refractivity contribution in [2.24, 2.45) is 0 Å². The molecule has 0 bridgehead atoms. The number of para-hydroxylation sites is 1. The number of fused-ring (bicyclic) bond motifs is 1. The molecule has 1 amide bonds. The molecule has 1 aromatic carbocycles. The van der Waals surface area contributed by atoms with Crippen molar-refractivity contribution in [3.63, 3.8) is 0 Å². The molecule has 1 N–H and O–H groups in total. The molecule has 4 rings (SSSR count). The number of carbonyl (C=O) groups excluding carboxylic acids is 1. The molecule has 0 saturated carbocycles. The van der Waals surface area contributed by atoms with Crippen LogP contribution in [-0.2, 0) is 6.54 Å². The van der Waals surface area contributed by atoms with Gasteiger partial charge in [0.1, 0.15) is 0 Å². The summed E-state index contributed by atoms with van der Waals surface area (Å²) in [6.07, 6.45) is 3.87. The summed E-state index contributed by atoms with van der Waals surface area (Å²) in [6, 6.07) is 10.7. The fourth-order valence-electron chi connectivity index (χ4n) is 3.60. The molecule has 1 fully saturated rings. The van der Waals surface area contributed by atoms with Gasteiger partial charge in [-0.1, -0.05) is 12.1 Å². The van der Waals surface area contributed by atoms with Crippen LogP contribution in [0, 0.1) is 6.92 Å². The summed E-state index contributed by atoms with van der Waals surface area (Å²) < 4.78 is 1.46. The van der Waals surface area contributed by atoms with E-state index >= 15 is 0 Å². The molecule has 2 aromatic heterocycles. The van der Waals surface area contributed by atoms with E-state index < -0.39 is 5.60 Å². The molecule has 1 aliphatic heterocycles. The summed E-state index contributed by atoms with van der Waals surface area (Å²) in [5.41, 5.74) is 0.840. The highest BCUT2D eigenvalue weighted by Crippen LogP contribution is 2.25. The molecule has 7 nitrogen and oxygen atoms in total. The molecule has 1 saturated heterocycles. The summed E-state index contributed by atoms with van der Waals surface area (Å²) >= 11 is 0. The molecule has 0 spiro atoms. The topological polar surface area (TPSA) is 88.3 Å². The molecule has 28 heavy (non-hydrogen) atoms. The van der Waals surface area contributed by atoms with E-state index in [0.717, 1.165) is 5.69 Å². The number of hydrogen-bond donors (Lipinski definition) is 1. The van der Waals surface area contributed by atoms with Crippen LogP contribution in [0.2, 0.25) is 0 Å². The number of likely N-dealkylation sites (tertiary alicyclic amines) is 1. The highest BCUT2D eigenvalue weighted by Gasteiger charge is 2.35. The lowest BCUT2D eigenvalue weighted by atomic mass is 9.91. The monoisotopic (exact) mass is 378 g/mol. The maximum atomic E-state index is 12.7. The minimum atomic E-state index is -1.05. The van der Waals surface area contributed by atoms with E-state index in [2.05, 4.69) is 9.97 Å². The van der Waals surface area contributed by atoms with E-state index in [9.17, 15) is 14.7 Å². The Morgan fingerprint density at radius 3 is 2.61 bits per heavy atom. The molecule has 7 heteroatoms. The molecule has 0 aliphatic carbocycles. The third-order valence-corrected chi connectivity index (χ3v) is 5.34. The highest BCUT2D eigenvalue weighted by atomic mass is 16.3. The fourth-order valence-corrected chi connectivity index (χ4v) is 3.60. The fraction of sp³-hybridized carbons (Fsp3) is 0.333. The van der Waals surface area contributed by atoms with Gasteiger partial charge in [0.2, 0.25) is 0 Å². The van der Waals surface area contributed by atoms with Gasteiger partial charge in [-0.15, -0.1) is 0 Å². The summed E-state index contributed by atoms with van der Waals surface area (Å²) in [7, 11) is 0. The standard InChI is InChI=1S/C21H22N4O3/c1-15-6-7-16(12-22-15)19(26)24-10-8-21(28,9-11-24)13-25-14-23-18-5-3-2-4-17(18)20(25)27/h2-7,12,14,28H,8-11,13H2,1H3. The van der Waals surface area contributed by atoms with Crippen molar-refractivity contribution in [3.05, 3.63) is 70.5 Å². The first kappa shape index (κ1) is 18.3. The van der Waals surface area contributed by atoms with Crippen LogP contribution in [0.25, 0.3) is 10.9 Å². The van der Waals surface area contributed by atoms with Crippen molar-refractivity contribution in [1.29, 1.82) is 0 Å². The molecule has 144 valence electrons. The lowest BCUT2D eigenvalue weighted by Crippen LogP contribution is -2.49. The van der Waals surface area contributed by atoms with Crippen molar-refractivity contribution >= 4 is 16.8 Å². The van der Waals surface area contributed by atoms with Gasteiger partial charge in [0, 0.05) is 25.0 Å². The minimum absolute atomic E-state index is 0.0842.